The zero-order valence-electron chi connectivity index (χ0n) is 10.2. The van der Waals surface area contributed by atoms with Gasteiger partial charge in [-0.25, -0.2) is 0 Å². The summed E-state index contributed by atoms with van der Waals surface area (Å²) in [4.78, 5) is 13.9. The molecular weight excluding hydrogens is 216 g/mol. The van der Waals surface area contributed by atoms with Crippen molar-refractivity contribution in [1.29, 1.82) is 0 Å². The molecule has 2 rings (SSSR count). The van der Waals surface area contributed by atoms with Gasteiger partial charge in [0.15, 0.2) is 0 Å². The first-order valence-corrected chi connectivity index (χ1v) is 5.77. The number of carbonyl (C=O) groups excluding carboxylic acids is 1. The van der Waals surface area contributed by atoms with Crippen molar-refractivity contribution in [3.8, 4) is 0 Å². The molecule has 1 unspecified atom stereocenters. The number of β-amino-alcohol motifs (C(OH)–C–C–N with tert-alkyl or cyclic N) is 1. The van der Waals surface area contributed by atoms with Crippen LogP contribution in [-0.4, -0.2) is 34.6 Å². The Morgan fingerprint density at radius 1 is 1.53 bits per heavy atom. The topological polar surface area (TPSA) is 66.6 Å². The van der Waals surface area contributed by atoms with Gasteiger partial charge in [-0.1, -0.05) is 6.07 Å². The van der Waals surface area contributed by atoms with Gasteiger partial charge in [0, 0.05) is 24.3 Å². The first-order valence-electron chi connectivity index (χ1n) is 5.77. The summed E-state index contributed by atoms with van der Waals surface area (Å²) in [6, 6.07) is 5.33. The fourth-order valence-corrected chi connectivity index (χ4v) is 2.16. The number of nitrogen functional groups attached to an aromatic ring is 1. The van der Waals surface area contributed by atoms with Crippen molar-refractivity contribution in [3.05, 3.63) is 29.3 Å². The number of benzene rings is 1. The predicted molar refractivity (Wildman–Crippen MR) is 66.7 cm³/mol. The Labute approximate surface area is 101 Å². The molecule has 0 aliphatic carbocycles. The molecule has 4 heteroatoms. The third kappa shape index (κ3) is 2.42. The van der Waals surface area contributed by atoms with Crippen LogP contribution in [0.5, 0.6) is 0 Å². The molecule has 1 aromatic rings. The van der Waals surface area contributed by atoms with E-state index in [1.165, 1.54) is 0 Å². The van der Waals surface area contributed by atoms with Crippen LogP contribution in [0.15, 0.2) is 18.2 Å². The minimum Gasteiger partial charge on any atom is -0.399 e. The maximum Gasteiger partial charge on any atom is 0.254 e. The van der Waals surface area contributed by atoms with Crippen LogP contribution >= 0.6 is 0 Å². The molecule has 17 heavy (non-hydrogen) atoms. The maximum atomic E-state index is 12.3. The molecule has 0 saturated carbocycles. The number of amides is 1. The zero-order chi connectivity index (χ0) is 12.6. The van der Waals surface area contributed by atoms with E-state index in [4.69, 9.17) is 5.73 Å². The molecule has 3 N–H and O–H groups in total. The number of hydrogen-bond acceptors (Lipinski definition) is 3. The molecule has 1 saturated heterocycles. The minimum absolute atomic E-state index is 0.0485. The quantitative estimate of drug-likeness (QED) is 0.717. The van der Waals surface area contributed by atoms with E-state index in [0.717, 1.165) is 5.56 Å². The summed E-state index contributed by atoms with van der Waals surface area (Å²) in [7, 11) is 0. The molecule has 92 valence electrons. The molecule has 1 aliphatic heterocycles. The first-order chi connectivity index (χ1) is 7.89. The minimum atomic E-state index is -0.760. The third-order valence-electron chi connectivity index (χ3n) is 3.23. The summed E-state index contributed by atoms with van der Waals surface area (Å²) >= 11 is 0. The molecule has 1 atom stereocenters. The van der Waals surface area contributed by atoms with Crippen LogP contribution in [0, 0.1) is 6.92 Å². The van der Waals surface area contributed by atoms with Crippen LogP contribution in [0.1, 0.15) is 29.3 Å². The Balaban J connectivity index is 2.23. The van der Waals surface area contributed by atoms with Gasteiger partial charge in [-0.15, -0.1) is 0 Å². The van der Waals surface area contributed by atoms with E-state index in [-0.39, 0.29) is 5.91 Å². The molecule has 0 aromatic heterocycles. The van der Waals surface area contributed by atoms with Gasteiger partial charge in [-0.05, 0) is 38.0 Å². The van der Waals surface area contributed by atoms with Gasteiger partial charge in [-0.2, -0.15) is 0 Å². The Hall–Kier alpha value is -1.55. The van der Waals surface area contributed by atoms with Crippen molar-refractivity contribution in [2.45, 2.75) is 25.9 Å². The highest BCUT2D eigenvalue weighted by Crippen LogP contribution is 2.23. The highest BCUT2D eigenvalue weighted by molar-refractivity contribution is 5.96. The summed E-state index contributed by atoms with van der Waals surface area (Å²) in [5.41, 5.74) is 7.07. The van der Waals surface area contributed by atoms with Gasteiger partial charge >= 0.3 is 0 Å². The Bertz CT molecular complexity index is 455. The monoisotopic (exact) mass is 234 g/mol. The molecule has 0 radical (unpaired) electrons. The SMILES string of the molecule is Cc1ccc(N)cc1C(=O)N1CCC(C)(O)C1. The molecule has 1 aromatic carbocycles. The average Bonchev–Trinajstić information content (AvgIpc) is 2.61. The van der Waals surface area contributed by atoms with Crippen LogP contribution in [0.4, 0.5) is 5.69 Å². The molecule has 0 bridgehead atoms. The standard InChI is InChI=1S/C13H18N2O2/c1-9-3-4-10(14)7-11(9)12(16)15-6-5-13(2,17)8-15/h3-4,7,17H,5-6,8,14H2,1-2H3. The maximum absolute atomic E-state index is 12.3. The van der Waals surface area contributed by atoms with Crippen LogP contribution < -0.4 is 5.73 Å². The van der Waals surface area contributed by atoms with Crippen molar-refractivity contribution in [3.63, 3.8) is 0 Å². The number of aryl methyl sites for hydroxylation is 1. The lowest BCUT2D eigenvalue weighted by atomic mass is 10.1. The van der Waals surface area contributed by atoms with Crippen LogP contribution in [0.2, 0.25) is 0 Å². The van der Waals surface area contributed by atoms with Crippen molar-refractivity contribution >= 4 is 11.6 Å². The third-order valence-corrected chi connectivity index (χ3v) is 3.23. The molecular formula is C13H18N2O2. The molecule has 1 fully saturated rings. The summed E-state index contributed by atoms with van der Waals surface area (Å²) in [5.74, 6) is -0.0485. The number of nitrogens with zero attached hydrogens (tertiary/aromatic N) is 1. The number of rotatable bonds is 1. The van der Waals surface area contributed by atoms with Crippen molar-refractivity contribution < 1.29 is 9.90 Å². The molecule has 1 heterocycles. The summed E-state index contributed by atoms with van der Waals surface area (Å²) < 4.78 is 0. The lowest BCUT2D eigenvalue weighted by Gasteiger charge is -2.20. The highest BCUT2D eigenvalue weighted by atomic mass is 16.3. The van der Waals surface area contributed by atoms with Crippen LogP contribution in [0.25, 0.3) is 0 Å². The average molecular weight is 234 g/mol. The fraction of sp³-hybridized carbons (Fsp3) is 0.462. The van der Waals surface area contributed by atoms with Crippen LogP contribution in [-0.2, 0) is 0 Å². The van der Waals surface area contributed by atoms with Gasteiger partial charge in [0.05, 0.1) is 5.60 Å². The van der Waals surface area contributed by atoms with Crippen molar-refractivity contribution in [2.24, 2.45) is 0 Å². The Morgan fingerprint density at radius 2 is 2.24 bits per heavy atom. The number of anilines is 1. The van der Waals surface area contributed by atoms with E-state index >= 15 is 0 Å². The van der Waals surface area contributed by atoms with Crippen molar-refractivity contribution in [2.75, 3.05) is 18.8 Å². The van der Waals surface area contributed by atoms with Crippen molar-refractivity contribution in [1.82, 2.24) is 4.90 Å². The summed E-state index contributed by atoms with van der Waals surface area (Å²) in [6.07, 6.45) is 0.625. The van der Waals surface area contributed by atoms with Gasteiger partial charge in [0.1, 0.15) is 0 Å². The molecule has 1 aliphatic rings. The molecule has 1 amide bonds. The van der Waals surface area contributed by atoms with E-state index in [1.807, 2.05) is 13.0 Å². The normalized spacial score (nSPS) is 24.1. The van der Waals surface area contributed by atoms with E-state index < -0.39 is 5.60 Å². The highest BCUT2D eigenvalue weighted by Gasteiger charge is 2.34. The Morgan fingerprint density at radius 3 is 2.82 bits per heavy atom. The Kier molecular flexibility index (Phi) is 2.83. The van der Waals surface area contributed by atoms with E-state index in [1.54, 1.807) is 24.0 Å². The predicted octanol–water partition coefficient (Wildman–Crippen LogP) is 1.17. The molecule has 0 spiro atoms. The lowest BCUT2D eigenvalue weighted by Crippen LogP contribution is -2.34. The van der Waals surface area contributed by atoms with Gasteiger partial charge in [0.25, 0.3) is 5.91 Å². The van der Waals surface area contributed by atoms with E-state index in [9.17, 15) is 9.90 Å². The smallest absolute Gasteiger partial charge is 0.254 e. The molecule has 4 nitrogen and oxygen atoms in total. The second kappa shape index (κ2) is 4.04. The lowest BCUT2D eigenvalue weighted by molar-refractivity contribution is 0.0572. The number of likely N-dealkylation sites (tertiary alicyclic amines) is 1. The number of aliphatic hydroxyl groups is 1. The zero-order valence-corrected chi connectivity index (χ0v) is 10.2. The second-order valence-electron chi connectivity index (χ2n) is 5.05. The van der Waals surface area contributed by atoms with Gasteiger partial charge in [0.2, 0.25) is 0 Å². The largest absolute Gasteiger partial charge is 0.399 e. The van der Waals surface area contributed by atoms with Crippen LogP contribution in [0.3, 0.4) is 0 Å². The summed E-state index contributed by atoms with van der Waals surface area (Å²) in [6.45, 7) is 4.63. The fourth-order valence-electron chi connectivity index (χ4n) is 2.16. The number of carbonyl (C=O) groups is 1. The van der Waals surface area contributed by atoms with Gasteiger partial charge in [-0.3, -0.25) is 4.79 Å². The van der Waals surface area contributed by atoms with E-state index in [2.05, 4.69) is 0 Å². The van der Waals surface area contributed by atoms with Gasteiger partial charge < -0.3 is 15.7 Å². The first kappa shape index (κ1) is 11.9. The van der Waals surface area contributed by atoms with E-state index in [0.29, 0.717) is 30.8 Å². The second-order valence-corrected chi connectivity index (χ2v) is 5.05. The number of nitrogens with two attached hydrogens (primary N) is 1. The summed E-state index contributed by atoms with van der Waals surface area (Å²) in [5, 5.41) is 9.87. The number of hydrogen-bond donors (Lipinski definition) is 2.